The molecule has 1 aromatic carbocycles. The molecule has 0 saturated heterocycles. The second kappa shape index (κ2) is 7.07. The van der Waals surface area contributed by atoms with E-state index in [1.807, 2.05) is 0 Å². The van der Waals surface area contributed by atoms with Crippen molar-refractivity contribution in [2.75, 3.05) is 6.61 Å². The molecule has 10 heteroatoms. The lowest BCUT2D eigenvalue weighted by Crippen LogP contribution is -2.42. The van der Waals surface area contributed by atoms with Gasteiger partial charge < -0.3 is 15.2 Å². The first-order valence-electron chi connectivity index (χ1n) is 6.28. The van der Waals surface area contributed by atoms with Crippen molar-refractivity contribution in [2.24, 2.45) is 5.73 Å². The molecule has 0 aliphatic carbocycles. The van der Waals surface area contributed by atoms with Crippen LogP contribution in [-0.4, -0.2) is 31.0 Å². The van der Waals surface area contributed by atoms with Gasteiger partial charge in [-0.3, -0.25) is 0 Å². The van der Waals surface area contributed by atoms with Gasteiger partial charge in [0, 0.05) is 5.56 Å². The third kappa shape index (κ3) is 4.27. The third-order valence-electron chi connectivity index (χ3n) is 2.69. The van der Waals surface area contributed by atoms with Crippen molar-refractivity contribution in [1.29, 1.82) is 0 Å². The maximum Gasteiger partial charge on any atom is 0.461 e. The summed E-state index contributed by atoms with van der Waals surface area (Å²) >= 11 is 0. The average Bonchev–Trinajstić information content (AvgIpc) is 2.46. The Morgan fingerprint density at radius 1 is 1.22 bits per heavy atom. The average molecular weight is 345 g/mol. The number of alkyl halides is 6. The number of hydrogen-bond acceptors (Lipinski definition) is 4. The highest BCUT2D eigenvalue weighted by Gasteiger charge is 2.50. The topological polar surface area (TPSA) is 61.5 Å². The Bertz CT molecular complexity index is 552. The largest absolute Gasteiger partial charge is 0.462 e. The van der Waals surface area contributed by atoms with Crippen LogP contribution in [0.4, 0.5) is 26.3 Å². The summed E-state index contributed by atoms with van der Waals surface area (Å²) in [6, 6.07) is 1.42. The van der Waals surface area contributed by atoms with Crippen LogP contribution in [0.25, 0.3) is 0 Å². The highest BCUT2D eigenvalue weighted by Crippen LogP contribution is 2.38. The number of hydrogen-bond donors (Lipinski definition) is 1. The standard InChI is InChI=1S/C13H13F6NO3/c1-2-22-11(21)12(16,17)9(20)7-5-3-4-6-8(7)23-13(18,19)10(14)15/h3-6,9-10H,2,20H2,1H3/t9-/m0/s1. The summed E-state index contributed by atoms with van der Waals surface area (Å²) in [4.78, 5) is 11.2. The Morgan fingerprint density at radius 2 is 1.78 bits per heavy atom. The van der Waals surface area contributed by atoms with Crippen molar-refractivity contribution >= 4 is 5.97 Å². The van der Waals surface area contributed by atoms with Gasteiger partial charge in [0.2, 0.25) is 0 Å². The van der Waals surface area contributed by atoms with E-state index in [4.69, 9.17) is 5.73 Å². The van der Waals surface area contributed by atoms with E-state index in [1.165, 1.54) is 6.92 Å². The molecule has 0 spiro atoms. The first kappa shape index (κ1) is 19.1. The number of benzene rings is 1. The molecule has 1 rings (SSSR count). The third-order valence-corrected chi connectivity index (χ3v) is 2.69. The SMILES string of the molecule is CCOC(=O)C(F)(F)[C@@H](N)c1ccccc1OC(F)(F)C(F)F. The highest BCUT2D eigenvalue weighted by molar-refractivity contribution is 5.79. The van der Waals surface area contributed by atoms with Crippen molar-refractivity contribution in [3.8, 4) is 5.75 Å². The molecule has 0 unspecified atom stereocenters. The van der Waals surface area contributed by atoms with Crippen LogP contribution in [0.2, 0.25) is 0 Å². The molecule has 0 heterocycles. The van der Waals surface area contributed by atoms with Gasteiger partial charge in [-0.05, 0) is 13.0 Å². The van der Waals surface area contributed by atoms with Crippen LogP contribution >= 0.6 is 0 Å². The molecule has 0 bridgehead atoms. The molecule has 4 nitrogen and oxygen atoms in total. The van der Waals surface area contributed by atoms with Gasteiger partial charge >= 0.3 is 24.4 Å². The molecule has 0 aromatic heterocycles. The van der Waals surface area contributed by atoms with Crippen molar-refractivity contribution in [2.45, 2.75) is 31.4 Å². The molecule has 23 heavy (non-hydrogen) atoms. The van der Waals surface area contributed by atoms with Crippen LogP contribution in [-0.2, 0) is 9.53 Å². The fourth-order valence-electron chi connectivity index (χ4n) is 1.57. The number of carbonyl (C=O) groups is 1. The van der Waals surface area contributed by atoms with Crippen LogP contribution in [0.3, 0.4) is 0 Å². The highest BCUT2D eigenvalue weighted by atomic mass is 19.3. The number of esters is 1. The quantitative estimate of drug-likeness (QED) is 0.609. The zero-order chi connectivity index (χ0) is 17.8. The minimum atomic E-state index is -4.91. The van der Waals surface area contributed by atoms with Crippen molar-refractivity contribution in [1.82, 2.24) is 0 Å². The second-order valence-corrected chi connectivity index (χ2v) is 4.32. The van der Waals surface area contributed by atoms with E-state index in [-0.39, 0.29) is 6.61 Å². The fraction of sp³-hybridized carbons (Fsp3) is 0.462. The lowest BCUT2D eigenvalue weighted by Gasteiger charge is -2.25. The van der Waals surface area contributed by atoms with Gasteiger partial charge in [-0.1, -0.05) is 18.2 Å². The van der Waals surface area contributed by atoms with Crippen LogP contribution in [0.5, 0.6) is 5.75 Å². The van der Waals surface area contributed by atoms with Gasteiger partial charge in [0.05, 0.1) is 6.61 Å². The Balaban J connectivity index is 3.16. The number of rotatable bonds is 7. The van der Waals surface area contributed by atoms with E-state index in [0.717, 1.165) is 24.3 Å². The van der Waals surface area contributed by atoms with Gasteiger partial charge in [-0.25, -0.2) is 4.79 Å². The Labute approximate surface area is 127 Å². The first-order chi connectivity index (χ1) is 10.5. The lowest BCUT2D eigenvalue weighted by atomic mass is 10.0. The molecule has 2 N–H and O–H groups in total. The fourth-order valence-corrected chi connectivity index (χ4v) is 1.57. The number of halogens is 6. The first-order valence-corrected chi connectivity index (χ1v) is 6.28. The molecule has 0 amide bonds. The van der Waals surface area contributed by atoms with E-state index < -0.39 is 41.8 Å². The smallest absolute Gasteiger partial charge is 0.461 e. The zero-order valence-corrected chi connectivity index (χ0v) is 11.7. The molecule has 1 atom stereocenters. The van der Waals surface area contributed by atoms with Gasteiger partial charge in [0.15, 0.2) is 0 Å². The Hall–Kier alpha value is -1.97. The lowest BCUT2D eigenvalue weighted by molar-refractivity contribution is -0.253. The van der Waals surface area contributed by atoms with Crippen molar-refractivity contribution in [3.05, 3.63) is 29.8 Å². The summed E-state index contributed by atoms with van der Waals surface area (Å²) in [7, 11) is 0. The minimum absolute atomic E-state index is 0.358. The van der Waals surface area contributed by atoms with Crippen LogP contribution < -0.4 is 10.5 Å². The number of para-hydroxylation sites is 1. The van der Waals surface area contributed by atoms with E-state index in [2.05, 4.69) is 9.47 Å². The maximum atomic E-state index is 13.9. The van der Waals surface area contributed by atoms with Crippen molar-refractivity contribution in [3.63, 3.8) is 0 Å². The minimum Gasteiger partial charge on any atom is -0.462 e. The second-order valence-electron chi connectivity index (χ2n) is 4.32. The van der Waals surface area contributed by atoms with Crippen molar-refractivity contribution < 1.29 is 40.6 Å². The van der Waals surface area contributed by atoms with Crippen LogP contribution in [0.15, 0.2) is 24.3 Å². The zero-order valence-electron chi connectivity index (χ0n) is 11.7. The summed E-state index contributed by atoms with van der Waals surface area (Å²) < 4.78 is 85.9. The van der Waals surface area contributed by atoms with E-state index in [1.54, 1.807) is 0 Å². The normalized spacial score (nSPS) is 13.8. The summed E-state index contributed by atoms with van der Waals surface area (Å²) in [6.07, 6.45) is -9.09. The number of ether oxygens (including phenoxy) is 2. The monoisotopic (exact) mass is 345 g/mol. The molecule has 1 aromatic rings. The Kier molecular flexibility index (Phi) is 5.86. The van der Waals surface area contributed by atoms with Gasteiger partial charge in [-0.15, -0.1) is 0 Å². The molecular weight excluding hydrogens is 332 g/mol. The predicted molar refractivity (Wildman–Crippen MR) is 66.5 cm³/mol. The van der Waals surface area contributed by atoms with Gasteiger partial charge in [-0.2, -0.15) is 26.3 Å². The summed E-state index contributed by atoms with van der Waals surface area (Å²) in [5, 5.41) is 0. The molecule has 0 fully saturated rings. The number of nitrogens with two attached hydrogens (primary N) is 1. The molecule has 0 saturated carbocycles. The number of carbonyl (C=O) groups excluding carboxylic acids is 1. The van der Waals surface area contributed by atoms with E-state index >= 15 is 0 Å². The molecular formula is C13H13F6NO3. The Morgan fingerprint density at radius 3 is 2.30 bits per heavy atom. The summed E-state index contributed by atoms with van der Waals surface area (Å²) in [5.41, 5.74) is 4.49. The summed E-state index contributed by atoms with van der Waals surface area (Å²) in [5.74, 6) is -7.23. The summed E-state index contributed by atoms with van der Waals surface area (Å²) in [6.45, 7) is 0.919. The molecule has 0 radical (unpaired) electrons. The van der Waals surface area contributed by atoms with Gasteiger partial charge in [0.25, 0.3) is 0 Å². The van der Waals surface area contributed by atoms with E-state index in [0.29, 0.717) is 0 Å². The molecule has 0 aliphatic heterocycles. The van der Waals surface area contributed by atoms with E-state index in [9.17, 15) is 31.1 Å². The predicted octanol–water partition coefficient (Wildman–Crippen LogP) is 3.12. The molecule has 130 valence electrons. The molecule has 0 aliphatic rings. The van der Waals surface area contributed by atoms with Crippen LogP contribution in [0, 0.1) is 0 Å². The van der Waals surface area contributed by atoms with Gasteiger partial charge in [0.1, 0.15) is 11.8 Å². The maximum absolute atomic E-state index is 13.9. The van der Waals surface area contributed by atoms with Crippen LogP contribution in [0.1, 0.15) is 18.5 Å².